The number of carbonyl (C=O) groups excluding carboxylic acids is 1. The first-order chi connectivity index (χ1) is 14.5. The van der Waals surface area contributed by atoms with Crippen molar-refractivity contribution in [1.29, 1.82) is 0 Å². The van der Waals surface area contributed by atoms with Crippen molar-refractivity contribution in [3.63, 3.8) is 0 Å². The first-order valence-corrected chi connectivity index (χ1v) is 10.0. The maximum Gasteiger partial charge on any atom is 0.227 e. The van der Waals surface area contributed by atoms with Gasteiger partial charge in [0, 0.05) is 12.1 Å². The van der Waals surface area contributed by atoms with Crippen LogP contribution in [0.4, 0.5) is 0 Å². The predicted molar refractivity (Wildman–Crippen MR) is 113 cm³/mol. The van der Waals surface area contributed by atoms with Crippen LogP contribution in [0.25, 0.3) is 0 Å². The van der Waals surface area contributed by atoms with Gasteiger partial charge in [-0.3, -0.25) is 4.79 Å². The van der Waals surface area contributed by atoms with Crippen LogP contribution >= 0.6 is 0 Å². The zero-order valence-electron chi connectivity index (χ0n) is 17.8. The number of methoxy groups -OCH3 is 2. The van der Waals surface area contributed by atoms with E-state index in [9.17, 15) is 4.79 Å². The molecule has 0 bridgehead atoms. The molecule has 2 heterocycles. The molecule has 1 aliphatic heterocycles. The fourth-order valence-corrected chi connectivity index (χ4v) is 4.22. The van der Waals surface area contributed by atoms with Crippen LogP contribution in [0.3, 0.4) is 0 Å². The minimum atomic E-state index is -0.192. The Hall–Kier alpha value is -3.28. The first-order valence-electron chi connectivity index (χ1n) is 10.0. The molecule has 3 aromatic rings. The Morgan fingerprint density at radius 3 is 2.47 bits per heavy atom. The Kier molecular flexibility index (Phi) is 5.48. The maximum absolute atomic E-state index is 13.4. The van der Waals surface area contributed by atoms with Gasteiger partial charge in [0.25, 0.3) is 0 Å². The lowest BCUT2D eigenvalue weighted by Gasteiger charge is -2.38. The van der Waals surface area contributed by atoms with Crippen molar-refractivity contribution in [2.24, 2.45) is 0 Å². The number of ether oxygens (including phenoxy) is 2. The molecular formula is C24H26N2O4. The predicted octanol–water partition coefficient (Wildman–Crippen LogP) is 4.03. The minimum absolute atomic E-state index is 0.0543. The molecule has 0 fully saturated rings. The molecule has 1 aliphatic rings. The van der Waals surface area contributed by atoms with Gasteiger partial charge in [-0.05, 0) is 49.1 Å². The summed E-state index contributed by atoms with van der Waals surface area (Å²) in [6, 6.07) is 13.9. The zero-order valence-corrected chi connectivity index (χ0v) is 17.8. The van der Waals surface area contributed by atoms with E-state index in [-0.39, 0.29) is 18.4 Å². The molecule has 4 rings (SSSR count). The number of hydrogen-bond donors (Lipinski definition) is 0. The van der Waals surface area contributed by atoms with Gasteiger partial charge in [0.15, 0.2) is 11.5 Å². The molecule has 0 spiro atoms. The van der Waals surface area contributed by atoms with Crippen LogP contribution in [0.5, 0.6) is 11.5 Å². The molecule has 1 atom stereocenters. The van der Waals surface area contributed by atoms with Crippen LogP contribution < -0.4 is 9.47 Å². The second kappa shape index (κ2) is 8.22. The normalized spacial score (nSPS) is 15.6. The Balaban J connectivity index is 1.77. The largest absolute Gasteiger partial charge is 0.493 e. The van der Waals surface area contributed by atoms with Crippen LogP contribution in [0.2, 0.25) is 0 Å². The average Bonchev–Trinajstić information content (AvgIpc) is 3.09. The van der Waals surface area contributed by atoms with E-state index in [4.69, 9.17) is 14.0 Å². The molecular weight excluding hydrogens is 380 g/mol. The lowest BCUT2D eigenvalue weighted by molar-refractivity contribution is -0.132. The number of aryl methyl sites for hydroxylation is 2. The number of hydrogen-bond acceptors (Lipinski definition) is 5. The molecule has 0 saturated heterocycles. The van der Waals surface area contributed by atoms with E-state index in [1.807, 2.05) is 49.1 Å². The van der Waals surface area contributed by atoms with Crippen molar-refractivity contribution in [2.45, 2.75) is 32.7 Å². The molecule has 0 aliphatic carbocycles. The molecule has 1 amide bonds. The van der Waals surface area contributed by atoms with E-state index >= 15 is 0 Å². The fraction of sp³-hybridized carbons (Fsp3) is 0.333. The lowest BCUT2D eigenvalue weighted by atomic mass is 9.87. The van der Waals surface area contributed by atoms with E-state index in [1.165, 1.54) is 5.56 Å². The molecule has 2 aromatic carbocycles. The van der Waals surface area contributed by atoms with Gasteiger partial charge in [0.05, 0.1) is 32.4 Å². The highest BCUT2D eigenvalue weighted by molar-refractivity contribution is 5.81. The second-order valence-corrected chi connectivity index (χ2v) is 7.54. The van der Waals surface area contributed by atoms with Crippen molar-refractivity contribution in [3.8, 4) is 11.5 Å². The number of benzene rings is 2. The van der Waals surface area contributed by atoms with Gasteiger partial charge in [0.1, 0.15) is 5.76 Å². The third kappa shape index (κ3) is 3.54. The summed E-state index contributed by atoms with van der Waals surface area (Å²) in [7, 11) is 3.27. The zero-order chi connectivity index (χ0) is 21.3. The summed E-state index contributed by atoms with van der Waals surface area (Å²) in [4.78, 5) is 15.4. The maximum atomic E-state index is 13.4. The Morgan fingerprint density at radius 1 is 1.13 bits per heavy atom. The van der Waals surface area contributed by atoms with Gasteiger partial charge in [-0.2, -0.15) is 0 Å². The molecule has 30 heavy (non-hydrogen) atoms. The molecule has 0 N–H and O–H groups in total. The average molecular weight is 406 g/mol. The monoisotopic (exact) mass is 406 g/mol. The Bertz CT molecular complexity index is 1040. The van der Waals surface area contributed by atoms with Crippen molar-refractivity contribution >= 4 is 5.91 Å². The smallest absolute Gasteiger partial charge is 0.227 e. The van der Waals surface area contributed by atoms with E-state index < -0.39 is 0 Å². The molecule has 6 heteroatoms. The fourth-order valence-electron chi connectivity index (χ4n) is 4.22. The molecule has 6 nitrogen and oxygen atoms in total. The van der Waals surface area contributed by atoms with Gasteiger partial charge in [-0.25, -0.2) is 0 Å². The molecule has 0 radical (unpaired) electrons. The molecule has 0 saturated carbocycles. The second-order valence-electron chi connectivity index (χ2n) is 7.54. The van der Waals surface area contributed by atoms with E-state index in [0.717, 1.165) is 28.8 Å². The summed E-state index contributed by atoms with van der Waals surface area (Å²) in [5, 5.41) is 3.99. The summed E-state index contributed by atoms with van der Waals surface area (Å²) < 4.78 is 16.3. The highest BCUT2D eigenvalue weighted by Crippen LogP contribution is 2.41. The number of fused-ring (bicyclic) bond motifs is 1. The van der Waals surface area contributed by atoms with Crippen LogP contribution in [0.1, 0.15) is 39.7 Å². The van der Waals surface area contributed by atoms with Gasteiger partial charge in [-0.1, -0.05) is 35.5 Å². The van der Waals surface area contributed by atoms with Crippen LogP contribution in [0, 0.1) is 13.8 Å². The van der Waals surface area contributed by atoms with Crippen LogP contribution in [-0.4, -0.2) is 36.7 Å². The summed E-state index contributed by atoms with van der Waals surface area (Å²) in [6.07, 6.45) is 1.03. The van der Waals surface area contributed by atoms with Gasteiger partial charge in [0.2, 0.25) is 5.91 Å². The summed E-state index contributed by atoms with van der Waals surface area (Å²) in [5.41, 5.74) is 4.93. The number of rotatable bonds is 5. The number of nitrogens with zero attached hydrogens (tertiary/aromatic N) is 2. The minimum Gasteiger partial charge on any atom is -0.493 e. The quantitative estimate of drug-likeness (QED) is 0.640. The SMILES string of the molecule is COc1cc2c(cc1OC)C(c1ccccc1)N(C(=O)Cc1c(C)noc1C)CC2. The Morgan fingerprint density at radius 2 is 1.83 bits per heavy atom. The van der Waals surface area contributed by atoms with E-state index in [1.54, 1.807) is 14.2 Å². The first kappa shape index (κ1) is 20.0. The molecule has 156 valence electrons. The van der Waals surface area contributed by atoms with Crippen LogP contribution in [-0.2, 0) is 17.6 Å². The van der Waals surface area contributed by atoms with Crippen molar-refractivity contribution in [1.82, 2.24) is 10.1 Å². The van der Waals surface area contributed by atoms with Crippen molar-refractivity contribution in [3.05, 3.63) is 76.2 Å². The van der Waals surface area contributed by atoms with E-state index in [2.05, 4.69) is 17.3 Å². The van der Waals surface area contributed by atoms with Crippen molar-refractivity contribution in [2.75, 3.05) is 20.8 Å². The summed E-state index contributed by atoms with van der Waals surface area (Å²) in [5.74, 6) is 2.12. The molecule has 1 unspecified atom stereocenters. The number of carbonyl (C=O) groups is 1. The van der Waals surface area contributed by atoms with Crippen molar-refractivity contribution < 1.29 is 18.8 Å². The Labute approximate surface area is 176 Å². The van der Waals surface area contributed by atoms with Gasteiger partial charge < -0.3 is 18.9 Å². The number of amides is 1. The highest BCUT2D eigenvalue weighted by atomic mass is 16.5. The highest BCUT2D eigenvalue weighted by Gasteiger charge is 2.33. The summed E-state index contributed by atoms with van der Waals surface area (Å²) >= 11 is 0. The molecule has 1 aromatic heterocycles. The third-order valence-electron chi connectivity index (χ3n) is 5.82. The standard InChI is InChI=1S/C24H26N2O4/c1-15-19(16(2)30-25-15)14-23(27)26-11-10-18-12-21(28-3)22(29-4)13-20(18)24(26)17-8-6-5-7-9-17/h5-9,12-13,24H,10-11,14H2,1-4H3. The third-order valence-corrected chi connectivity index (χ3v) is 5.82. The van der Waals surface area contributed by atoms with Crippen LogP contribution in [0.15, 0.2) is 47.0 Å². The summed E-state index contributed by atoms with van der Waals surface area (Å²) in [6.45, 7) is 4.35. The topological polar surface area (TPSA) is 64.8 Å². The van der Waals surface area contributed by atoms with Gasteiger partial charge >= 0.3 is 0 Å². The lowest BCUT2D eigenvalue weighted by Crippen LogP contribution is -2.41. The van der Waals surface area contributed by atoms with E-state index in [0.29, 0.717) is 23.8 Å². The van der Waals surface area contributed by atoms with Gasteiger partial charge in [-0.15, -0.1) is 0 Å². The number of aromatic nitrogens is 1.